The van der Waals surface area contributed by atoms with Crippen LogP contribution in [0.1, 0.15) is 55.4 Å². The zero-order valence-corrected chi connectivity index (χ0v) is 19.0. The zero-order valence-electron chi connectivity index (χ0n) is 19.0. The van der Waals surface area contributed by atoms with Gasteiger partial charge in [0.15, 0.2) is 6.29 Å². The van der Waals surface area contributed by atoms with Gasteiger partial charge in [-0.2, -0.15) is 0 Å². The molecule has 2 rings (SSSR count). The maximum atomic E-state index is 11.3. The molecule has 0 bridgehead atoms. The van der Waals surface area contributed by atoms with Crippen LogP contribution in [0.25, 0.3) is 0 Å². The van der Waals surface area contributed by atoms with Gasteiger partial charge in [-0.15, -0.1) is 0 Å². The Balaban J connectivity index is 2.57. The van der Waals surface area contributed by atoms with Crippen LogP contribution in [0.5, 0.6) is 0 Å². The number of ether oxygens (including phenoxy) is 3. The minimum atomic E-state index is -2.24. The van der Waals surface area contributed by atoms with Gasteiger partial charge in [0.1, 0.15) is 45.3 Å². The summed E-state index contributed by atoms with van der Waals surface area (Å²) in [4.78, 5) is 0. The number of rotatable bonds is 4. The first kappa shape index (κ1) is 25.9. The van der Waals surface area contributed by atoms with E-state index in [9.17, 15) is 35.7 Å². The van der Waals surface area contributed by atoms with Gasteiger partial charge in [-0.3, -0.25) is 0 Å². The molecule has 178 valence electrons. The van der Waals surface area contributed by atoms with E-state index in [4.69, 9.17) is 14.2 Å². The largest absolute Gasteiger partial charge is 0.393 e. The molecule has 10 nitrogen and oxygen atoms in total. The molecule has 30 heavy (non-hydrogen) atoms. The molecule has 10 heteroatoms. The van der Waals surface area contributed by atoms with Crippen LogP contribution in [-0.2, 0) is 14.2 Å². The van der Waals surface area contributed by atoms with Crippen LogP contribution in [-0.4, -0.2) is 107 Å². The van der Waals surface area contributed by atoms with Crippen molar-refractivity contribution >= 4 is 0 Å². The first-order valence-electron chi connectivity index (χ1n) is 10.0. The fourth-order valence-corrected chi connectivity index (χ4v) is 4.43. The average Bonchev–Trinajstić information content (AvgIpc) is 2.61. The number of aliphatic hydroxyl groups excluding tert-OH is 2. The molecular weight excluding hydrogens is 400 g/mol. The van der Waals surface area contributed by atoms with Crippen LogP contribution in [0.2, 0.25) is 0 Å². The Hall–Kier alpha value is -0.400. The molecule has 0 aromatic rings. The van der Waals surface area contributed by atoms with E-state index in [-0.39, 0.29) is 0 Å². The van der Waals surface area contributed by atoms with Crippen molar-refractivity contribution in [2.24, 2.45) is 0 Å². The second-order valence-electron chi connectivity index (χ2n) is 10.2. The summed E-state index contributed by atoms with van der Waals surface area (Å²) >= 11 is 0. The van der Waals surface area contributed by atoms with Gasteiger partial charge >= 0.3 is 0 Å². The normalized spacial score (nSPS) is 59.9. The summed E-state index contributed by atoms with van der Waals surface area (Å²) in [5, 5.41) is 75.3. The van der Waals surface area contributed by atoms with Gasteiger partial charge in [0, 0.05) is 0 Å². The lowest BCUT2D eigenvalue weighted by atomic mass is 9.63. The van der Waals surface area contributed by atoms with Crippen molar-refractivity contribution in [2.45, 2.75) is 113 Å². The molecule has 2 aliphatic rings. The molecule has 2 saturated heterocycles. The molecule has 7 N–H and O–H groups in total. The average molecular weight is 439 g/mol. The molecule has 2 aliphatic heterocycles. The van der Waals surface area contributed by atoms with Crippen LogP contribution < -0.4 is 0 Å². The van der Waals surface area contributed by atoms with E-state index >= 15 is 0 Å². The van der Waals surface area contributed by atoms with E-state index in [0.29, 0.717) is 0 Å². The van der Waals surface area contributed by atoms with Gasteiger partial charge < -0.3 is 50.0 Å². The molecule has 0 amide bonds. The summed E-state index contributed by atoms with van der Waals surface area (Å²) in [6.45, 7) is 9.25. The highest BCUT2D eigenvalue weighted by molar-refractivity contribution is 5.20. The van der Waals surface area contributed by atoms with E-state index in [0.717, 1.165) is 0 Å². The minimum absolute atomic E-state index is 0.603. The number of hydrogen-bond acceptors (Lipinski definition) is 10. The lowest BCUT2D eigenvalue weighted by Crippen LogP contribution is -2.83. The second-order valence-corrected chi connectivity index (χ2v) is 10.2. The Morgan fingerprint density at radius 1 is 0.700 bits per heavy atom. The molecule has 0 aromatic carbocycles. The van der Waals surface area contributed by atoms with Crippen molar-refractivity contribution < 1.29 is 50.0 Å². The SMILES string of the molecule is CC1OC(C)(CO)C(OC2OC(C)(CO)C(C)(O)C(C)(O)C2(C)O)C(C)(O)C1(C)O. The van der Waals surface area contributed by atoms with Gasteiger partial charge in [0.25, 0.3) is 0 Å². The second kappa shape index (κ2) is 7.05. The van der Waals surface area contributed by atoms with Crippen molar-refractivity contribution in [3.63, 3.8) is 0 Å². The zero-order chi connectivity index (χ0) is 23.8. The van der Waals surface area contributed by atoms with Gasteiger partial charge in [-0.05, 0) is 55.4 Å². The Morgan fingerprint density at radius 3 is 1.63 bits per heavy atom. The maximum absolute atomic E-state index is 11.3. The van der Waals surface area contributed by atoms with E-state index in [1.165, 1.54) is 55.4 Å². The molecule has 10 atom stereocenters. The lowest BCUT2D eigenvalue weighted by molar-refractivity contribution is -0.445. The summed E-state index contributed by atoms with van der Waals surface area (Å²) in [7, 11) is 0. The van der Waals surface area contributed by atoms with Crippen molar-refractivity contribution in [3.05, 3.63) is 0 Å². The highest BCUT2D eigenvalue weighted by Crippen LogP contribution is 2.51. The summed E-state index contributed by atoms with van der Waals surface area (Å²) in [6, 6.07) is 0. The van der Waals surface area contributed by atoms with Gasteiger partial charge in [0.2, 0.25) is 0 Å². The van der Waals surface area contributed by atoms with Gasteiger partial charge in [-0.1, -0.05) is 0 Å². The van der Waals surface area contributed by atoms with Crippen molar-refractivity contribution in [1.82, 2.24) is 0 Å². The van der Waals surface area contributed by atoms with Gasteiger partial charge in [-0.25, -0.2) is 0 Å². The monoisotopic (exact) mass is 438 g/mol. The summed E-state index contributed by atoms with van der Waals surface area (Å²) < 4.78 is 17.5. The molecule has 0 spiro atoms. The third-order valence-electron chi connectivity index (χ3n) is 7.99. The third-order valence-corrected chi connectivity index (χ3v) is 7.99. The first-order valence-corrected chi connectivity index (χ1v) is 10.0. The topological polar surface area (TPSA) is 169 Å². The highest BCUT2D eigenvalue weighted by Gasteiger charge is 2.72. The molecule has 0 aromatic heterocycles. The fraction of sp³-hybridized carbons (Fsp3) is 1.00. The molecule has 0 saturated carbocycles. The number of aliphatic hydroxyl groups is 7. The van der Waals surface area contributed by atoms with Crippen LogP contribution in [0.4, 0.5) is 0 Å². The molecule has 2 heterocycles. The Bertz CT molecular complexity index is 658. The number of hydrogen-bond donors (Lipinski definition) is 7. The van der Waals surface area contributed by atoms with E-state index < -0.39 is 70.9 Å². The quantitative estimate of drug-likeness (QED) is 0.271. The van der Waals surface area contributed by atoms with Gasteiger partial charge in [0.05, 0.1) is 19.3 Å². The smallest absolute Gasteiger partial charge is 0.190 e. The van der Waals surface area contributed by atoms with Crippen LogP contribution in [0, 0.1) is 0 Å². The first-order chi connectivity index (χ1) is 13.2. The minimum Gasteiger partial charge on any atom is -0.393 e. The van der Waals surface area contributed by atoms with Crippen LogP contribution in [0.15, 0.2) is 0 Å². The van der Waals surface area contributed by atoms with Crippen LogP contribution in [0.3, 0.4) is 0 Å². The Labute approximate surface area is 177 Å². The van der Waals surface area contributed by atoms with Crippen molar-refractivity contribution in [1.29, 1.82) is 0 Å². The van der Waals surface area contributed by atoms with E-state index in [1.54, 1.807) is 0 Å². The summed E-state index contributed by atoms with van der Waals surface area (Å²) in [6.07, 6.45) is -4.02. The Morgan fingerprint density at radius 2 is 1.20 bits per heavy atom. The predicted octanol–water partition coefficient (Wildman–Crippen LogP) is -1.60. The molecule has 2 fully saturated rings. The standard InChI is InChI=1S/C20H38O10/c1-11-16(4,23)17(5,24)12(14(2,9-21)29-11)28-13-18(6,25)20(8,27)19(7,26)15(3,10-22)30-13/h11-13,21-27H,9-10H2,1-8H3. The fourth-order valence-electron chi connectivity index (χ4n) is 4.43. The van der Waals surface area contributed by atoms with E-state index in [2.05, 4.69) is 0 Å². The molecule has 0 aliphatic carbocycles. The van der Waals surface area contributed by atoms with E-state index in [1.807, 2.05) is 0 Å². The highest BCUT2D eigenvalue weighted by atomic mass is 16.7. The third kappa shape index (κ3) is 3.08. The van der Waals surface area contributed by atoms with Crippen molar-refractivity contribution in [3.8, 4) is 0 Å². The lowest BCUT2D eigenvalue weighted by Gasteiger charge is -2.63. The van der Waals surface area contributed by atoms with Crippen LogP contribution >= 0.6 is 0 Å². The maximum Gasteiger partial charge on any atom is 0.190 e. The Kier molecular flexibility index (Phi) is 6.07. The summed E-state index contributed by atoms with van der Waals surface area (Å²) in [5.41, 5.74) is -13.7. The van der Waals surface area contributed by atoms with Crippen molar-refractivity contribution in [2.75, 3.05) is 13.2 Å². The predicted molar refractivity (Wildman–Crippen MR) is 104 cm³/mol. The molecular formula is C20H38O10. The molecule has 10 unspecified atom stereocenters. The summed E-state index contributed by atoms with van der Waals surface area (Å²) in [5.74, 6) is 0. The molecule has 0 radical (unpaired) electrons.